The van der Waals surface area contributed by atoms with Crippen molar-refractivity contribution in [3.05, 3.63) is 64.2 Å². The summed E-state index contributed by atoms with van der Waals surface area (Å²) in [7, 11) is 0. The lowest BCUT2D eigenvalue weighted by Crippen LogP contribution is -1.97. The van der Waals surface area contributed by atoms with Crippen LogP contribution in [0, 0.1) is 23.5 Å². The average Bonchev–Trinajstić information content (AvgIpc) is 2.47. The Bertz CT molecular complexity index is 705. The van der Waals surface area contributed by atoms with Crippen LogP contribution >= 0.6 is 11.6 Å². The summed E-state index contributed by atoms with van der Waals surface area (Å²) < 4.78 is 32.1. The molecule has 1 N–H and O–H groups in total. The topological polar surface area (TPSA) is 29.5 Å². The Balaban J connectivity index is 2.06. The van der Waals surface area contributed by atoms with Gasteiger partial charge in [0.05, 0.1) is 10.6 Å². The number of rotatable bonds is 3. The van der Waals surface area contributed by atoms with Gasteiger partial charge in [0.15, 0.2) is 0 Å². The molecule has 0 saturated heterocycles. The van der Waals surface area contributed by atoms with Crippen LogP contribution in [0.2, 0.25) is 5.02 Å². The molecule has 0 unspecified atom stereocenters. The highest BCUT2D eigenvalue weighted by molar-refractivity contribution is 6.30. The SMILES string of the molecule is OCC#Cc1ccc(OCc2ccc(F)c(Cl)c2)cc1F. The first-order valence-electron chi connectivity index (χ1n) is 6.06. The van der Waals surface area contributed by atoms with Gasteiger partial charge in [0, 0.05) is 6.07 Å². The van der Waals surface area contributed by atoms with E-state index in [9.17, 15) is 8.78 Å². The predicted molar refractivity (Wildman–Crippen MR) is 76.1 cm³/mol. The summed E-state index contributed by atoms with van der Waals surface area (Å²) in [4.78, 5) is 0. The van der Waals surface area contributed by atoms with Crippen molar-refractivity contribution in [2.75, 3.05) is 6.61 Å². The van der Waals surface area contributed by atoms with E-state index in [2.05, 4.69) is 11.8 Å². The molecule has 0 heterocycles. The maximum absolute atomic E-state index is 13.7. The van der Waals surface area contributed by atoms with Crippen LogP contribution in [0.5, 0.6) is 5.75 Å². The third-order valence-electron chi connectivity index (χ3n) is 2.63. The molecule has 0 aliphatic carbocycles. The third kappa shape index (κ3) is 4.19. The Morgan fingerprint density at radius 2 is 1.90 bits per heavy atom. The van der Waals surface area contributed by atoms with E-state index in [1.807, 2.05) is 0 Å². The zero-order chi connectivity index (χ0) is 15.2. The van der Waals surface area contributed by atoms with Crippen LogP contribution in [0.25, 0.3) is 0 Å². The van der Waals surface area contributed by atoms with Gasteiger partial charge in [-0.2, -0.15) is 0 Å². The highest BCUT2D eigenvalue weighted by Crippen LogP contribution is 2.20. The average molecular weight is 309 g/mol. The Morgan fingerprint density at radius 1 is 1.10 bits per heavy atom. The zero-order valence-corrected chi connectivity index (χ0v) is 11.6. The van der Waals surface area contributed by atoms with Gasteiger partial charge in [0.1, 0.15) is 30.6 Å². The van der Waals surface area contributed by atoms with Crippen molar-refractivity contribution in [3.63, 3.8) is 0 Å². The van der Waals surface area contributed by atoms with Crippen LogP contribution < -0.4 is 4.74 Å². The fourth-order valence-electron chi connectivity index (χ4n) is 1.62. The molecule has 0 aromatic heterocycles. The Hall–Kier alpha value is -2.09. The van der Waals surface area contributed by atoms with E-state index < -0.39 is 11.6 Å². The van der Waals surface area contributed by atoms with Crippen LogP contribution in [-0.2, 0) is 6.61 Å². The maximum atomic E-state index is 13.7. The second-order valence-electron chi connectivity index (χ2n) is 4.14. The van der Waals surface area contributed by atoms with E-state index in [-0.39, 0.29) is 23.8 Å². The fourth-order valence-corrected chi connectivity index (χ4v) is 1.82. The van der Waals surface area contributed by atoms with Crippen molar-refractivity contribution >= 4 is 11.6 Å². The maximum Gasteiger partial charge on any atom is 0.142 e. The van der Waals surface area contributed by atoms with Gasteiger partial charge in [-0.05, 0) is 29.8 Å². The summed E-state index contributed by atoms with van der Waals surface area (Å²) >= 11 is 5.66. The standard InChI is InChI=1S/C16H11ClF2O2/c17-14-8-11(3-6-15(14)18)10-21-13-5-4-12(2-1-7-20)16(19)9-13/h3-6,8-9,20H,7,10H2. The first-order valence-corrected chi connectivity index (χ1v) is 6.44. The van der Waals surface area contributed by atoms with Gasteiger partial charge in [-0.3, -0.25) is 0 Å². The van der Waals surface area contributed by atoms with Gasteiger partial charge in [0.2, 0.25) is 0 Å². The normalized spacial score (nSPS) is 9.90. The van der Waals surface area contributed by atoms with Gasteiger partial charge in [-0.15, -0.1) is 0 Å². The first kappa shape index (κ1) is 15.3. The summed E-state index contributed by atoms with van der Waals surface area (Å²) in [6.07, 6.45) is 0. The zero-order valence-electron chi connectivity index (χ0n) is 10.9. The summed E-state index contributed by atoms with van der Waals surface area (Å²) in [5.41, 5.74) is 0.854. The third-order valence-corrected chi connectivity index (χ3v) is 2.92. The van der Waals surface area contributed by atoms with Crippen molar-refractivity contribution in [2.24, 2.45) is 0 Å². The minimum Gasteiger partial charge on any atom is -0.489 e. The molecule has 0 saturated carbocycles. The van der Waals surface area contributed by atoms with Crippen molar-refractivity contribution < 1.29 is 18.6 Å². The molecule has 0 fully saturated rings. The molecular weight excluding hydrogens is 298 g/mol. The second kappa shape index (κ2) is 7.07. The highest BCUT2D eigenvalue weighted by atomic mass is 35.5. The molecule has 0 aliphatic heterocycles. The number of aliphatic hydroxyl groups is 1. The number of aliphatic hydroxyl groups excluding tert-OH is 1. The van der Waals surface area contributed by atoms with E-state index in [1.54, 1.807) is 12.1 Å². The van der Waals surface area contributed by atoms with Crippen LogP contribution in [0.15, 0.2) is 36.4 Å². The van der Waals surface area contributed by atoms with Gasteiger partial charge < -0.3 is 9.84 Å². The van der Waals surface area contributed by atoms with E-state index >= 15 is 0 Å². The number of hydrogen-bond donors (Lipinski definition) is 1. The molecule has 0 bridgehead atoms. The minimum atomic E-state index is -0.536. The van der Waals surface area contributed by atoms with Crippen LogP contribution in [0.3, 0.4) is 0 Å². The summed E-state index contributed by atoms with van der Waals surface area (Å²) in [5, 5.41) is 8.58. The second-order valence-corrected chi connectivity index (χ2v) is 4.55. The fraction of sp³-hybridized carbons (Fsp3) is 0.125. The molecule has 0 aliphatic rings. The lowest BCUT2D eigenvalue weighted by atomic mass is 10.2. The van der Waals surface area contributed by atoms with Crippen molar-refractivity contribution in [1.82, 2.24) is 0 Å². The monoisotopic (exact) mass is 308 g/mol. The molecule has 0 radical (unpaired) electrons. The van der Waals surface area contributed by atoms with Crippen molar-refractivity contribution in [1.29, 1.82) is 0 Å². The predicted octanol–water partition coefficient (Wildman–Crippen LogP) is 3.54. The number of halogens is 3. The van der Waals surface area contributed by atoms with Crippen LogP contribution in [0.1, 0.15) is 11.1 Å². The Morgan fingerprint density at radius 3 is 2.57 bits per heavy atom. The molecule has 2 aromatic rings. The molecule has 2 rings (SSSR count). The molecule has 2 nitrogen and oxygen atoms in total. The Labute approximate surface area is 125 Å². The molecule has 0 atom stereocenters. The number of ether oxygens (including phenoxy) is 1. The van der Waals surface area contributed by atoms with Gasteiger partial charge in [0.25, 0.3) is 0 Å². The quantitative estimate of drug-likeness (QED) is 0.879. The minimum absolute atomic E-state index is 0.0110. The lowest BCUT2D eigenvalue weighted by molar-refractivity contribution is 0.304. The van der Waals surface area contributed by atoms with E-state index in [4.69, 9.17) is 21.4 Å². The molecule has 21 heavy (non-hydrogen) atoms. The molecule has 108 valence electrons. The smallest absolute Gasteiger partial charge is 0.142 e. The highest BCUT2D eigenvalue weighted by Gasteiger charge is 2.04. The van der Waals surface area contributed by atoms with Gasteiger partial charge >= 0.3 is 0 Å². The van der Waals surface area contributed by atoms with Crippen molar-refractivity contribution in [2.45, 2.75) is 6.61 Å². The summed E-state index contributed by atoms with van der Waals surface area (Å²) in [6.45, 7) is -0.190. The van der Waals surface area contributed by atoms with E-state index in [0.717, 1.165) is 0 Å². The van der Waals surface area contributed by atoms with Gasteiger partial charge in [-0.1, -0.05) is 29.5 Å². The molecule has 0 amide bonds. The summed E-state index contributed by atoms with van der Waals surface area (Å²) in [6, 6.07) is 8.47. The van der Waals surface area contributed by atoms with Crippen LogP contribution in [-0.4, -0.2) is 11.7 Å². The first-order chi connectivity index (χ1) is 10.1. The molecule has 2 aromatic carbocycles. The van der Waals surface area contributed by atoms with Gasteiger partial charge in [-0.25, -0.2) is 8.78 Å². The number of benzene rings is 2. The molecule has 5 heteroatoms. The largest absolute Gasteiger partial charge is 0.489 e. The number of hydrogen-bond acceptors (Lipinski definition) is 2. The Kier molecular flexibility index (Phi) is 5.15. The van der Waals surface area contributed by atoms with Crippen LogP contribution in [0.4, 0.5) is 8.78 Å². The van der Waals surface area contributed by atoms with Crippen molar-refractivity contribution in [3.8, 4) is 17.6 Å². The van der Waals surface area contributed by atoms with E-state index in [1.165, 1.54) is 24.3 Å². The lowest BCUT2D eigenvalue weighted by Gasteiger charge is -2.07. The van der Waals surface area contributed by atoms with E-state index in [0.29, 0.717) is 11.3 Å². The molecule has 0 spiro atoms. The summed E-state index contributed by atoms with van der Waals surface area (Å²) in [5.74, 6) is 4.14. The molecular formula is C16H11ClF2O2.